The van der Waals surface area contributed by atoms with Crippen molar-refractivity contribution in [2.45, 2.75) is 24.7 Å². The van der Waals surface area contributed by atoms with E-state index in [1.165, 1.54) is 11.4 Å². The van der Waals surface area contributed by atoms with Gasteiger partial charge in [-0.05, 0) is 43.2 Å². The molecule has 1 heterocycles. The van der Waals surface area contributed by atoms with Gasteiger partial charge in [0.15, 0.2) is 0 Å². The predicted octanol–water partition coefficient (Wildman–Crippen LogP) is 2.68. The summed E-state index contributed by atoms with van der Waals surface area (Å²) >= 11 is 1.11. The molecule has 0 saturated carbocycles. The first-order valence-corrected chi connectivity index (χ1v) is 8.37. The lowest BCUT2D eigenvalue weighted by Gasteiger charge is -2.18. The van der Waals surface area contributed by atoms with Crippen molar-refractivity contribution in [2.24, 2.45) is 0 Å². The number of nitrogens with zero attached hydrogens (tertiary/aromatic N) is 1. The van der Waals surface area contributed by atoms with Crippen molar-refractivity contribution in [2.75, 3.05) is 11.4 Å². The average molecular weight is 311 g/mol. The summed E-state index contributed by atoms with van der Waals surface area (Å²) in [5.74, 6) is 0. The van der Waals surface area contributed by atoms with E-state index in [0.717, 1.165) is 22.5 Å². The van der Waals surface area contributed by atoms with Crippen LogP contribution < -0.4 is 4.31 Å². The molecule has 1 aromatic carbocycles. The van der Waals surface area contributed by atoms with E-state index < -0.39 is 10.0 Å². The fourth-order valence-electron chi connectivity index (χ4n) is 1.87. The maximum absolute atomic E-state index is 12.6. The third-order valence-electron chi connectivity index (χ3n) is 3.12. The van der Waals surface area contributed by atoms with Gasteiger partial charge in [-0.15, -0.1) is 11.3 Å². The van der Waals surface area contributed by atoms with Crippen molar-refractivity contribution < 1.29 is 13.5 Å². The minimum atomic E-state index is -3.58. The van der Waals surface area contributed by atoms with Crippen molar-refractivity contribution in [3.05, 3.63) is 46.3 Å². The van der Waals surface area contributed by atoms with Gasteiger partial charge in [0.25, 0.3) is 10.0 Å². The van der Waals surface area contributed by atoms with Gasteiger partial charge in [-0.1, -0.05) is 12.1 Å². The molecule has 0 spiro atoms. The molecule has 0 amide bonds. The zero-order valence-corrected chi connectivity index (χ0v) is 13.3. The molecule has 0 radical (unpaired) electrons. The first kappa shape index (κ1) is 15.0. The first-order chi connectivity index (χ1) is 9.36. The summed E-state index contributed by atoms with van der Waals surface area (Å²) in [5, 5.41) is 9.19. The van der Waals surface area contributed by atoms with Crippen molar-refractivity contribution in [3.8, 4) is 0 Å². The Bertz CT molecular complexity index is 720. The molecule has 0 saturated heterocycles. The van der Waals surface area contributed by atoms with Gasteiger partial charge in [0, 0.05) is 11.9 Å². The Kier molecular flexibility index (Phi) is 4.17. The second-order valence-electron chi connectivity index (χ2n) is 4.64. The van der Waals surface area contributed by atoms with E-state index >= 15 is 0 Å². The SMILES string of the molecule is Cc1cccc(N(C)S(=O)(=O)c2cc(C)c(CO)s2)c1. The molecule has 0 fully saturated rings. The van der Waals surface area contributed by atoms with Crippen LogP contribution in [-0.2, 0) is 16.6 Å². The molecule has 20 heavy (non-hydrogen) atoms. The molecule has 0 aliphatic rings. The normalized spacial score (nSPS) is 11.6. The monoisotopic (exact) mass is 311 g/mol. The number of hydrogen-bond donors (Lipinski definition) is 1. The highest BCUT2D eigenvalue weighted by Crippen LogP contribution is 2.30. The molecule has 0 bridgehead atoms. The molecule has 0 aliphatic heterocycles. The molecule has 0 atom stereocenters. The van der Waals surface area contributed by atoms with Gasteiger partial charge in [-0.3, -0.25) is 4.31 Å². The van der Waals surface area contributed by atoms with E-state index in [0.29, 0.717) is 10.6 Å². The maximum atomic E-state index is 12.6. The number of benzene rings is 1. The number of aliphatic hydroxyl groups excluding tert-OH is 1. The first-order valence-electron chi connectivity index (χ1n) is 6.12. The lowest BCUT2D eigenvalue weighted by Crippen LogP contribution is -2.25. The zero-order valence-electron chi connectivity index (χ0n) is 11.6. The van der Waals surface area contributed by atoms with Gasteiger partial charge < -0.3 is 5.11 Å². The minimum Gasteiger partial charge on any atom is -0.391 e. The minimum absolute atomic E-state index is 0.139. The highest BCUT2D eigenvalue weighted by Gasteiger charge is 2.24. The Morgan fingerprint density at radius 3 is 2.50 bits per heavy atom. The third-order valence-corrected chi connectivity index (χ3v) is 6.58. The van der Waals surface area contributed by atoms with Crippen LogP contribution in [0.2, 0.25) is 0 Å². The standard InChI is InChI=1S/C14H17NO3S2/c1-10-5-4-6-12(7-10)15(3)20(17,18)14-8-11(2)13(9-16)19-14/h4-8,16H,9H2,1-3H3. The van der Waals surface area contributed by atoms with Gasteiger partial charge in [-0.2, -0.15) is 0 Å². The number of rotatable bonds is 4. The van der Waals surface area contributed by atoms with Crippen LogP contribution in [0, 0.1) is 13.8 Å². The fraction of sp³-hybridized carbons (Fsp3) is 0.286. The quantitative estimate of drug-likeness (QED) is 0.944. The van der Waals surface area contributed by atoms with Crippen molar-refractivity contribution in [3.63, 3.8) is 0 Å². The molecule has 1 N–H and O–H groups in total. The topological polar surface area (TPSA) is 57.6 Å². The van der Waals surface area contributed by atoms with E-state index in [1.807, 2.05) is 25.1 Å². The van der Waals surface area contributed by atoms with Gasteiger partial charge in [0.2, 0.25) is 0 Å². The van der Waals surface area contributed by atoms with E-state index in [-0.39, 0.29) is 10.8 Å². The van der Waals surface area contributed by atoms with Gasteiger partial charge in [0.1, 0.15) is 4.21 Å². The summed E-state index contributed by atoms with van der Waals surface area (Å²) in [6, 6.07) is 8.94. The molecular formula is C14H17NO3S2. The highest BCUT2D eigenvalue weighted by molar-refractivity contribution is 7.94. The summed E-state index contributed by atoms with van der Waals surface area (Å²) in [7, 11) is -2.04. The van der Waals surface area contributed by atoms with Gasteiger partial charge >= 0.3 is 0 Å². The van der Waals surface area contributed by atoms with E-state index in [4.69, 9.17) is 0 Å². The number of thiophene rings is 1. The highest BCUT2D eigenvalue weighted by atomic mass is 32.2. The maximum Gasteiger partial charge on any atom is 0.273 e. The van der Waals surface area contributed by atoms with Crippen LogP contribution in [0.4, 0.5) is 5.69 Å². The number of hydrogen-bond acceptors (Lipinski definition) is 4. The molecule has 4 nitrogen and oxygen atoms in total. The second-order valence-corrected chi connectivity index (χ2v) is 7.97. The number of aliphatic hydroxyl groups is 1. The van der Waals surface area contributed by atoms with Crippen LogP contribution in [0.3, 0.4) is 0 Å². The summed E-state index contributed by atoms with van der Waals surface area (Å²) in [5.41, 5.74) is 2.43. The Morgan fingerprint density at radius 2 is 1.95 bits per heavy atom. The molecule has 0 aliphatic carbocycles. The summed E-state index contributed by atoms with van der Waals surface area (Å²) in [6.07, 6.45) is 0. The van der Waals surface area contributed by atoms with Crippen molar-refractivity contribution in [1.29, 1.82) is 0 Å². The zero-order chi connectivity index (χ0) is 14.9. The largest absolute Gasteiger partial charge is 0.391 e. The smallest absolute Gasteiger partial charge is 0.273 e. The lowest BCUT2D eigenvalue weighted by atomic mass is 10.2. The summed E-state index contributed by atoms with van der Waals surface area (Å²) in [6.45, 7) is 3.58. The van der Waals surface area contributed by atoms with Crippen LogP contribution >= 0.6 is 11.3 Å². The molecule has 108 valence electrons. The second kappa shape index (κ2) is 5.55. The summed E-state index contributed by atoms with van der Waals surface area (Å²) in [4.78, 5) is 0.682. The van der Waals surface area contributed by atoms with E-state index in [1.54, 1.807) is 19.1 Å². The molecule has 2 aromatic rings. The molecule has 1 aromatic heterocycles. The van der Waals surface area contributed by atoms with E-state index in [2.05, 4.69) is 0 Å². The van der Waals surface area contributed by atoms with Crippen LogP contribution in [0.5, 0.6) is 0 Å². The Morgan fingerprint density at radius 1 is 1.25 bits per heavy atom. The molecule has 2 rings (SSSR count). The average Bonchev–Trinajstić information content (AvgIpc) is 2.79. The van der Waals surface area contributed by atoms with Gasteiger partial charge in [-0.25, -0.2) is 8.42 Å². The van der Waals surface area contributed by atoms with Crippen molar-refractivity contribution in [1.82, 2.24) is 0 Å². The van der Waals surface area contributed by atoms with Crippen LogP contribution in [0.15, 0.2) is 34.5 Å². The Labute approximate surface area is 123 Å². The molecular weight excluding hydrogens is 294 g/mol. The Hall–Kier alpha value is -1.37. The Balaban J connectivity index is 2.43. The predicted molar refractivity (Wildman–Crippen MR) is 81.7 cm³/mol. The summed E-state index contributed by atoms with van der Waals surface area (Å²) < 4.78 is 26.7. The number of anilines is 1. The van der Waals surface area contributed by atoms with Crippen LogP contribution in [-0.4, -0.2) is 20.6 Å². The lowest BCUT2D eigenvalue weighted by molar-refractivity contribution is 0.285. The van der Waals surface area contributed by atoms with E-state index in [9.17, 15) is 13.5 Å². The fourth-order valence-corrected chi connectivity index (χ4v) is 4.68. The van der Waals surface area contributed by atoms with Crippen molar-refractivity contribution >= 4 is 27.0 Å². The van der Waals surface area contributed by atoms with Gasteiger partial charge in [0.05, 0.1) is 12.3 Å². The number of aryl methyl sites for hydroxylation is 2. The molecule has 6 heteroatoms. The number of sulfonamides is 1. The third kappa shape index (κ3) is 2.72. The molecule has 0 unspecified atom stereocenters. The van der Waals surface area contributed by atoms with Crippen LogP contribution in [0.25, 0.3) is 0 Å². The van der Waals surface area contributed by atoms with Crippen LogP contribution in [0.1, 0.15) is 16.0 Å².